The number of nitrogens with zero attached hydrogens (tertiary/aromatic N) is 1. The van der Waals surface area contributed by atoms with E-state index in [0.29, 0.717) is 12.5 Å². The molecule has 1 atom stereocenters. The Labute approximate surface area is 122 Å². The van der Waals surface area contributed by atoms with Crippen molar-refractivity contribution in [2.24, 2.45) is 5.92 Å². The Balaban J connectivity index is 2.35. The fourth-order valence-electron chi connectivity index (χ4n) is 3.34. The third-order valence-corrected chi connectivity index (χ3v) is 4.35. The first-order chi connectivity index (χ1) is 9.69. The van der Waals surface area contributed by atoms with Crippen molar-refractivity contribution < 1.29 is 5.11 Å². The zero-order valence-electron chi connectivity index (χ0n) is 13.1. The topological polar surface area (TPSA) is 33.1 Å². The molecule has 0 fully saturated rings. The maximum atomic E-state index is 9.29. The number of allylic oxidation sites excluding steroid dienone is 1. The van der Waals surface area contributed by atoms with Crippen molar-refractivity contribution in [1.29, 1.82) is 0 Å². The van der Waals surface area contributed by atoms with Gasteiger partial charge in [0.1, 0.15) is 0 Å². The molecule has 0 saturated heterocycles. The van der Waals surface area contributed by atoms with Gasteiger partial charge >= 0.3 is 0 Å². The van der Waals surface area contributed by atoms with Gasteiger partial charge in [-0.15, -0.1) is 0 Å². The van der Waals surface area contributed by atoms with Crippen molar-refractivity contribution in [1.82, 2.24) is 4.98 Å². The maximum Gasteiger partial charge on any atom is 0.0484 e. The smallest absolute Gasteiger partial charge is 0.0484 e. The summed E-state index contributed by atoms with van der Waals surface area (Å²) in [5, 5.41) is 9.29. The van der Waals surface area contributed by atoms with Gasteiger partial charge in [0, 0.05) is 18.0 Å². The molecule has 1 aliphatic rings. The van der Waals surface area contributed by atoms with Crippen molar-refractivity contribution in [2.75, 3.05) is 6.61 Å². The molecule has 1 aromatic rings. The Morgan fingerprint density at radius 1 is 1.25 bits per heavy atom. The van der Waals surface area contributed by atoms with E-state index in [1.165, 1.54) is 35.2 Å². The number of aliphatic hydroxyl groups is 1. The fourth-order valence-corrected chi connectivity index (χ4v) is 3.34. The summed E-state index contributed by atoms with van der Waals surface area (Å²) in [6, 6.07) is 2.22. The number of aromatic nitrogens is 1. The van der Waals surface area contributed by atoms with Gasteiger partial charge in [0.05, 0.1) is 0 Å². The maximum absolute atomic E-state index is 9.29. The van der Waals surface area contributed by atoms with Gasteiger partial charge in [-0.1, -0.05) is 31.9 Å². The van der Waals surface area contributed by atoms with E-state index in [9.17, 15) is 5.11 Å². The molecule has 0 saturated carbocycles. The van der Waals surface area contributed by atoms with Gasteiger partial charge in [0.15, 0.2) is 0 Å². The zero-order valence-corrected chi connectivity index (χ0v) is 13.1. The van der Waals surface area contributed by atoms with Gasteiger partial charge in [-0.2, -0.15) is 0 Å². The third kappa shape index (κ3) is 3.29. The predicted octanol–water partition coefficient (Wildman–Crippen LogP) is 4.08. The Kier molecular flexibility index (Phi) is 5.36. The summed E-state index contributed by atoms with van der Waals surface area (Å²) in [5.74, 6) is 0.546. The highest BCUT2D eigenvalue weighted by atomic mass is 16.3. The molecule has 0 amide bonds. The second kappa shape index (κ2) is 7.03. The van der Waals surface area contributed by atoms with Crippen LogP contribution in [0.5, 0.6) is 0 Å². The van der Waals surface area contributed by atoms with E-state index in [-0.39, 0.29) is 0 Å². The van der Waals surface area contributed by atoms with Crippen LogP contribution in [0.1, 0.15) is 62.0 Å². The van der Waals surface area contributed by atoms with Crippen LogP contribution >= 0.6 is 0 Å². The first kappa shape index (κ1) is 15.2. The van der Waals surface area contributed by atoms with Gasteiger partial charge < -0.3 is 5.11 Å². The van der Waals surface area contributed by atoms with Crippen LogP contribution in [-0.4, -0.2) is 16.7 Å². The van der Waals surface area contributed by atoms with Crippen molar-refractivity contribution in [2.45, 2.75) is 59.3 Å². The average Bonchev–Trinajstić information content (AvgIpc) is 2.45. The molecular weight excluding hydrogens is 246 g/mol. The van der Waals surface area contributed by atoms with Crippen LogP contribution in [0.15, 0.2) is 11.6 Å². The Hall–Kier alpha value is -1.15. The molecule has 110 valence electrons. The van der Waals surface area contributed by atoms with E-state index in [1.807, 2.05) is 0 Å². The van der Waals surface area contributed by atoms with Crippen LogP contribution in [0.4, 0.5) is 0 Å². The van der Waals surface area contributed by atoms with E-state index >= 15 is 0 Å². The molecule has 0 aliphatic heterocycles. The van der Waals surface area contributed by atoms with Crippen LogP contribution in [0, 0.1) is 12.8 Å². The normalized spacial score (nSPS) is 15.7. The average molecular weight is 273 g/mol. The van der Waals surface area contributed by atoms with Gasteiger partial charge in [-0.25, -0.2) is 0 Å². The first-order valence-electron chi connectivity index (χ1n) is 8.00. The molecule has 1 N–H and O–H groups in total. The van der Waals surface area contributed by atoms with Crippen LogP contribution in [0.3, 0.4) is 0 Å². The van der Waals surface area contributed by atoms with Gasteiger partial charge in [-0.05, 0) is 62.1 Å². The summed E-state index contributed by atoms with van der Waals surface area (Å²) in [4.78, 5) is 4.71. The first-order valence-corrected chi connectivity index (χ1v) is 8.00. The minimum Gasteiger partial charge on any atom is -0.396 e. The summed E-state index contributed by atoms with van der Waals surface area (Å²) < 4.78 is 0. The number of hydrogen-bond donors (Lipinski definition) is 1. The Bertz CT molecular complexity index is 484. The minimum atomic E-state index is 0.293. The van der Waals surface area contributed by atoms with Gasteiger partial charge in [0.25, 0.3) is 0 Å². The summed E-state index contributed by atoms with van der Waals surface area (Å²) in [7, 11) is 0. The fraction of sp³-hybridized carbons (Fsp3) is 0.611. The lowest BCUT2D eigenvalue weighted by Crippen LogP contribution is -2.13. The molecule has 20 heavy (non-hydrogen) atoms. The molecule has 1 aliphatic carbocycles. The number of aliphatic hydroxyl groups excluding tert-OH is 1. The van der Waals surface area contributed by atoms with Crippen LogP contribution in [0.25, 0.3) is 6.08 Å². The summed E-state index contributed by atoms with van der Waals surface area (Å²) >= 11 is 0. The molecule has 1 aromatic heterocycles. The number of rotatable bonds is 6. The highest BCUT2D eigenvalue weighted by Gasteiger charge is 2.20. The molecule has 1 unspecified atom stereocenters. The molecule has 0 bridgehead atoms. The van der Waals surface area contributed by atoms with Crippen molar-refractivity contribution in [3.05, 3.63) is 34.2 Å². The molecular formula is C18H27NO. The number of hydrogen-bond acceptors (Lipinski definition) is 2. The molecule has 0 aromatic carbocycles. The van der Waals surface area contributed by atoms with Crippen molar-refractivity contribution in [3.63, 3.8) is 0 Å². The second-order valence-electron chi connectivity index (χ2n) is 5.85. The largest absolute Gasteiger partial charge is 0.396 e. The van der Waals surface area contributed by atoms with E-state index < -0.39 is 0 Å². The van der Waals surface area contributed by atoms with Crippen LogP contribution in [-0.2, 0) is 12.8 Å². The number of aryl methyl sites for hydroxylation is 3. The number of fused-ring (bicyclic) bond motifs is 1. The second-order valence-corrected chi connectivity index (χ2v) is 5.85. The standard InChI is InChI=1S/C18H27NO/c1-4-6-15(9-10-20)16-7-8-18-17(12-16)14(5-2)11-13(3)19-18/h11-12,15,20H,4-10H2,1-3H3. The number of pyridine rings is 1. The molecule has 0 radical (unpaired) electrons. The summed E-state index contributed by atoms with van der Waals surface area (Å²) in [5.41, 5.74) is 6.71. The zero-order chi connectivity index (χ0) is 14.5. The van der Waals surface area contributed by atoms with E-state index in [1.54, 1.807) is 0 Å². The highest BCUT2D eigenvalue weighted by molar-refractivity contribution is 5.62. The molecule has 1 heterocycles. The lowest BCUT2D eigenvalue weighted by atomic mass is 9.82. The van der Waals surface area contributed by atoms with Crippen LogP contribution in [0.2, 0.25) is 0 Å². The Morgan fingerprint density at radius 2 is 2.05 bits per heavy atom. The quantitative estimate of drug-likeness (QED) is 0.847. The lowest BCUT2D eigenvalue weighted by molar-refractivity contribution is 0.261. The molecule has 0 spiro atoms. The summed E-state index contributed by atoms with van der Waals surface area (Å²) in [6.45, 7) is 6.82. The van der Waals surface area contributed by atoms with Crippen molar-refractivity contribution >= 4 is 6.08 Å². The Morgan fingerprint density at radius 3 is 2.70 bits per heavy atom. The molecule has 2 rings (SSSR count). The van der Waals surface area contributed by atoms with Gasteiger partial charge in [-0.3, -0.25) is 4.98 Å². The van der Waals surface area contributed by atoms with E-state index in [4.69, 9.17) is 4.98 Å². The monoisotopic (exact) mass is 273 g/mol. The SMILES string of the molecule is CCCC(CCO)C1=Cc2c(CC)cc(C)nc2CC1. The van der Waals surface area contributed by atoms with Crippen molar-refractivity contribution in [3.8, 4) is 0 Å². The predicted molar refractivity (Wildman–Crippen MR) is 84.8 cm³/mol. The summed E-state index contributed by atoms with van der Waals surface area (Å²) in [6.07, 6.45) is 8.87. The van der Waals surface area contributed by atoms with Gasteiger partial charge in [0.2, 0.25) is 0 Å². The van der Waals surface area contributed by atoms with E-state index in [0.717, 1.165) is 31.4 Å². The lowest BCUT2D eigenvalue weighted by Gasteiger charge is -2.25. The highest BCUT2D eigenvalue weighted by Crippen LogP contribution is 2.33. The molecule has 2 nitrogen and oxygen atoms in total. The van der Waals surface area contributed by atoms with E-state index in [2.05, 4.69) is 32.9 Å². The molecule has 2 heteroatoms. The third-order valence-electron chi connectivity index (χ3n) is 4.35. The minimum absolute atomic E-state index is 0.293. The van der Waals surface area contributed by atoms with Crippen LogP contribution < -0.4 is 0 Å².